The molecule has 0 spiro atoms. The Morgan fingerprint density at radius 1 is 1.10 bits per heavy atom. The number of nitrogens with one attached hydrogen (secondary N) is 1. The number of carbonyl (C=O) groups excluding carboxylic acids is 2. The van der Waals surface area contributed by atoms with Crippen LogP contribution < -0.4 is 10.1 Å². The summed E-state index contributed by atoms with van der Waals surface area (Å²) in [7, 11) is 1.61. The highest BCUT2D eigenvalue weighted by Gasteiger charge is 2.34. The first kappa shape index (κ1) is 21.0. The van der Waals surface area contributed by atoms with Crippen molar-refractivity contribution in [3.8, 4) is 5.75 Å². The van der Waals surface area contributed by atoms with E-state index in [1.54, 1.807) is 23.8 Å². The van der Waals surface area contributed by atoms with Gasteiger partial charge in [0.05, 0.1) is 19.6 Å². The highest BCUT2D eigenvalue weighted by molar-refractivity contribution is 7.98. The largest absolute Gasteiger partial charge is 0.497 e. The molecule has 1 heterocycles. The minimum Gasteiger partial charge on any atom is -0.497 e. The Balaban J connectivity index is 1.59. The predicted molar refractivity (Wildman–Crippen MR) is 124 cm³/mol. The summed E-state index contributed by atoms with van der Waals surface area (Å²) in [4.78, 5) is 29.0. The van der Waals surface area contributed by atoms with Crippen molar-refractivity contribution in [2.24, 2.45) is 0 Å². The lowest BCUT2D eigenvalue weighted by Gasteiger charge is -2.28. The number of fused-ring (bicyclic) bond motifs is 1. The van der Waals surface area contributed by atoms with Crippen molar-refractivity contribution in [2.75, 3.05) is 18.7 Å². The molecule has 0 aliphatic carbocycles. The zero-order valence-electron chi connectivity index (χ0n) is 17.5. The molecule has 0 aromatic heterocycles. The van der Waals surface area contributed by atoms with Crippen molar-refractivity contribution >= 4 is 29.3 Å². The number of hydrogen-bond acceptors (Lipinski definition) is 4. The number of methoxy groups -OCH3 is 1. The van der Waals surface area contributed by atoms with E-state index >= 15 is 0 Å². The van der Waals surface area contributed by atoms with Gasteiger partial charge in [0.15, 0.2) is 0 Å². The molecule has 2 amide bonds. The van der Waals surface area contributed by atoms with Crippen molar-refractivity contribution in [1.82, 2.24) is 4.90 Å². The van der Waals surface area contributed by atoms with E-state index in [-0.39, 0.29) is 24.3 Å². The molecular weight excluding hydrogens is 408 g/mol. The number of amides is 2. The first-order chi connectivity index (χ1) is 15.1. The molecule has 0 unspecified atom stereocenters. The maximum atomic E-state index is 13.1. The lowest BCUT2D eigenvalue weighted by Crippen LogP contribution is -2.32. The van der Waals surface area contributed by atoms with Gasteiger partial charge in [0.25, 0.3) is 5.91 Å². The van der Waals surface area contributed by atoms with Crippen LogP contribution in [0.3, 0.4) is 0 Å². The molecule has 0 bridgehead atoms. The van der Waals surface area contributed by atoms with Gasteiger partial charge in [0.2, 0.25) is 5.91 Å². The number of hydrogen-bond donors (Lipinski definition) is 1. The molecule has 4 rings (SSSR count). The van der Waals surface area contributed by atoms with Crippen LogP contribution in [0, 0.1) is 0 Å². The van der Waals surface area contributed by atoms with E-state index in [4.69, 9.17) is 4.74 Å². The summed E-state index contributed by atoms with van der Waals surface area (Å²) in [6.45, 7) is 0.487. The lowest BCUT2D eigenvalue weighted by atomic mass is 10.0. The van der Waals surface area contributed by atoms with Crippen molar-refractivity contribution in [2.45, 2.75) is 23.9 Å². The van der Waals surface area contributed by atoms with Crippen LogP contribution in [0.4, 0.5) is 5.69 Å². The van der Waals surface area contributed by atoms with Crippen LogP contribution in [-0.4, -0.2) is 30.1 Å². The molecule has 1 aliphatic rings. The third-order valence-corrected chi connectivity index (χ3v) is 6.18. The summed E-state index contributed by atoms with van der Waals surface area (Å²) in [5.41, 5.74) is 3.34. The van der Waals surface area contributed by atoms with Gasteiger partial charge >= 0.3 is 0 Å². The average Bonchev–Trinajstić information content (AvgIpc) is 3.14. The number of carbonyl (C=O) groups is 2. The van der Waals surface area contributed by atoms with Gasteiger partial charge < -0.3 is 15.0 Å². The zero-order chi connectivity index (χ0) is 21.8. The van der Waals surface area contributed by atoms with E-state index in [0.717, 1.165) is 27.5 Å². The van der Waals surface area contributed by atoms with Gasteiger partial charge in [0, 0.05) is 22.7 Å². The van der Waals surface area contributed by atoms with E-state index in [1.807, 2.05) is 79.1 Å². The Labute approximate surface area is 186 Å². The second-order valence-corrected chi connectivity index (χ2v) is 8.24. The molecule has 3 aromatic rings. The van der Waals surface area contributed by atoms with Gasteiger partial charge in [-0.3, -0.25) is 9.59 Å². The molecule has 1 atom stereocenters. The Bertz CT molecular complexity index is 1100. The first-order valence-corrected chi connectivity index (χ1v) is 11.3. The Morgan fingerprint density at radius 3 is 2.58 bits per heavy atom. The van der Waals surface area contributed by atoms with Gasteiger partial charge in [-0.2, -0.15) is 0 Å². The number of nitrogens with zero attached hydrogens (tertiary/aromatic N) is 1. The highest BCUT2D eigenvalue weighted by Crippen LogP contribution is 2.34. The summed E-state index contributed by atoms with van der Waals surface area (Å²) < 4.78 is 5.27. The SMILES string of the molecule is COc1ccc([C@@H](CC(=O)Nc2cccc(SC)c2)N2Cc3ccccc3C2=O)cc1. The number of anilines is 1. The molecule has 31 heavy (non-hydrogen) atoms. The average molecular weight is 433 g/mol. The Hall–Kier alpha value is -3.25. The predicted octanol–water partition coefficient (Wildman–Crippen LogP) is 5.14. The van der Waals surface area contributed by atoms with Gasteiger partial charge in [-0.1, -0.05) is 36.4 Å². The van der Waals surface area contributed by atoms with Crippen molar-refractivity contribution in [3.63, 3.8) is 0 Å². The third-order valence-electron chi connectivity index (χ3n) is 5.46. The Morgan fingerprint density at radius 2 is 1.87 bits per heavy atom. The summed E-state index contributed by atoms with van der Waals surface area (Å²) in [6.07, 6.45) is 2.16. The molecular formula is C25H24N2O3S. The Kier molecular flexibility index (Phi) is 6.28. The number of ether oxygens (including phenoxy) is 1. The highest BCUT2D eigenvalue weighted by atomic mass is 32.2. The summed E-state index contributed by atoms with van der Waals surface area (Å²) in [5.74, 6) is 0.549. The summed E-state index contributed by atoms with van der Waals surface area (Å²) in [6, 6.07) is 22.5. The van der Waals surface area contributed by atoms with Gasteiger partial charge in [-0.15, -0.1) is 11.8 Å². The van der Waals surface area contributed by atoms with Gasteiger partial charge in [-0.25, -0.2) is 0 Å². The molecule has 158 valence electrons. The van der Waals surface area contributed by atoms with Crippen molar-refractivity contribution in [3.05, 3.63) is 89.5 Å². The van der Waals surface area contributed by atoms with Crippen LogP contribution in [0.1, 0.15) is 33.9 Å². The lowest BCUT2D eigenvalue weighted by molar-refractivity contribution is -0.117. The van der Waals surface area contributed by atoms with Crippen LogP contribution >= 0.6 is 11.8 Å². The standard InChI is InChI=1S/C25H24N2O3S/c1-30-20-12-10-17(11-13-20)23(27-16-18-6-3-4-9-22(18)25(27)29)15-24(28)26-19-7-5-8-21(14-19)31-2/h3-14,23H,15-16H2,1-2H3,(H,26,28)/t23-/m1/s1. The monoisotopic (exact) mass is 432 g/mol. The molecule has 0 fully saturated rings. The van der Waals surface area contributed by atoms with Gasteiger partial charge in [0.1, 0.15) is 5.75 Å². The second-order valence-electron chi connectivity index (χ2n) is 7.36. The third kappa shape index (κ3) is 4.59. The number of benzene rings is 3. The van der Waals surface area contributed by atoms with E-state index in [9.17, 15) is 9.59 Å². The molecule has 3 aromatic carbocycles. The van der Waals surface area contributed by atoms with Crippen LogP contribution in [0.25, 0.3) is 0 Å². The fourth-order valence-corrected chi connectivity index (χ4v) is 4.31. The molecule has 1 N–H and O–H groups in total. The molecule has 0 saturated carbocycles. The molecule has 5 nitrogen and oxygen atoms in total. The number of thioether (sulfide) groups is 1. The normalized spacial score (nSPS) is 13.6. The molecule has 0 radical (unpaired) electrons. The van der Waals surface area contributed by atoms with Crippen LogP contribution in [0.5, 0.6) is 5.75 Å². The zero-order valence-corrected chi connectivity index (χ0v) is 18.3. The van der Waals surface area contributed by atoms with Gasteiger partial charge in [-0.05, 0) is 53.8 Å². The molecule has 6 heteroatoms. The second kappa shape index (κ2) is 9.27. The number of rotatable bonds is 7. The van der Waals surface area contributed by atoms with Crippen molar-refractivity contribution in [1.29, 1.82) is 0 Å². The minimum absolute atomic E-state index is 0.0476. The smallest absolute Gasteiger partial charge is 0.255 e. The van der Waals surface area contributed by atoms with E-state index in [0.29, 0.717) is 12.1 Å². The topological polar surface area (TPSA) is 58.6 Å². The van der Waals surface area contributed by atoms with Crippen LogP contribution in [0.2, 0.25) is 0 Å². The van der Waals surface area contributed by atoms with E-state index < -0.39 is 0 Å². The maximum absolute atomic E-state index is 13.1. The van der Waals surface area contributed by atoms with E-state index in [1.165, 1.54) is 0 Å². The molecule has 0 saturated heterocycles. The first-order valence-electron chi connectivity index (χ1n) is 10.1. The summed E-state index contributed by atoms with van der Waals surface area (Å²) in [5, 5.41) is 2.98. The van der Waals surface area contributed by atoms with E-state index in [2.05, 4.69) is 5.32 Å². The van der Waals surface area contributed by atoms with Crippen LogP contribution in [-0.2, 0) is 11.3 Å². The maximum Gasteiger partial charge on any atom is 0.255 e. The fraction of sp³-hybridized carbons (Fsp3) is 0.200. The minimum atomic E-state index is -0.380. The molecule has 1 aliphatic heterocycles. The van der Waals surface area contributed by atoms with Crippen molar-refractivity contribution < 1.29 is 14.3 Å². The van der Waals surface area contributed by atoms with Crippen LogP contribution in [0.15, 0.2) is 77.7 Å². The fourth-order valence-electron chi connectivity index (χ4n) is 3.85. The summed E-state index contributed by atoms with van der Waals surface area (Å²) >= 11 is 1.62. The quantitative estimate of drug-likeness (QED) is 0.525.